The number of aliphatic hydroxyl groups excluding tert-OH is 1. The van der Waals surface area contributed by atoms with E-state index in [-0.39, 0.29) is 18.5 Å². The first-order valence-corrected chi connectivity index (χ1v) is 5.70. The summed E-state index contributed by atoms with van der Waals surface area (Å²) in [6, 6.07) is 5.01. The first kappa shape index (κ1) is 12.3. The van der Waals surface area contributed by atoms with Gasteiger partial charge in [-0.15, -0.1) is 0 Å². The van der Waals surface area contributed by atoms with Crippen molar-refractivity contribution in [3.63, 3.8) is 0 Å². The maximum Gasteiger partial charge on any atom is 0.146 e. The number of hydrogen-bond donors (Lipinski definition) is 2. The summed E-state index contributed by atoms with van der Waals surface area (Å²) in [6.45, 7) is 1.94. The van der Waals surface area contributed by atoms with Gasteiger partial charge in [0.15, 0.2) is 0 Å². The van der Waals surface area contributed by atoms with Crippen LogP contribution in [0.15, 0.2) is 18.2 Å². The van der Waals surface area contributed by atoms with E-state index >= 15 is 0 Å². The van der Waals surface area contributed by atoms with E-state index in [4.69, 9.17) is 15.6 Å². The summed E-state index contributed by atoms with van der Waals surface area (Å²) in [5.41, 5.74) is 6.78. The third-order valence-electron chi connectivity index (χ3n) is 2.93. The SMILES string of the molecule is NCc1ccc(N2CCOC(CO)C2)c(F)c1. The quantitative estimate of drug-likeness (QED) is 0.807. The summed E-state index contributed by atoms with van der Waals surface area (Å²) in [5, 5.41) is 9.05. The molecule has 1 aliphatic rings. The zero-order valence-electron chi connectivity index (χ0n) is 9.60. The van der Waals surface area contributed by atoms with Gasteiger partial charge >= 0.3 is 0 Å². The lowest BCUT2D eigenvalue weighted by Crippen LogP contribution is -2.44. The monoisotopic (exact) mass is 240 g/mol. The number of nitrogens with zero attached hydrogens (tertiary/aromatic N) is 1. The highest BCUT2D eigenvalue weighted by atomic mass is 19.1. The van der Waals surface area contributed by atoms with Crippen LogP contribution in [-0.4, -0.2) is 37.5 Å². The Hall–Kier alpha value is -1.17. The molecule has 0 aliphatic carbocycles. The van der Waals surface area contributed by atoms with Crippen LogP contribution in [0.1, 0.15) is 5.56 Å². The van der Waals surface area contributed by atoms with Crippen LogP contribution in [0.2, 0.25) is 0 Å². The van der Waals surface area contributed by atoms with E-state index in [1.54, 1.807) is 6.07 Å². The molecule has 2 rings (SSSR count). The number of aliphatic hydroxyl groups is 1. The predicted octanol–water partition coefficient (Wildman–Crippen LogP) is 0.482. The number of morpholine rings is 1. The minimum Gasteiger partial charge on any atom is -0.394 e. The Morgan fingerprint density at radius 2 is 2.35 bits per heavy atom. The van der Waals surface area contributed by atoms with Gasteiger partial charge in [-0.05, 0) is 17.7 Å². The Bertz CT molecular complexity index is 387. The molecule has 1 fully saturated rings. The second kappa shape index (κ2) is 5.44. The van der Waals surface area contributed by atoms with Crippen molar-refractivity contribution >= 4 is 5.69 Å². The zero-order valence-corrected chi connectivity index (χ0v) is 9.60. The van der Waals surface area contributed by atoms with Crippen LogP contribution in [-0.2, 0) is 11.3 Å². The maximum absolute atomic E-state index is 13.9. The van der Waals surface area contributed by atoms with E-state index in [1.165, 1.54) is 6.07 Å². The Balaban J connectivity index is 2.16. The smallest absolute Gasteiger partial charge is 0.146 e. The van der Waals surface area contributed by atoms with E-state index in [1.807, 2.05) is 11.0 Å². The molecule has 1 atom stereocenters. The van der Waals surface area contributed by atoms with Crippen LogP contribution in [0.4, 0.5) is 10.1 Å². The highest BCUT2D eigenvalue weighted by Gasteiger charge is 2.21. The van der Waals surface area contributed by atoms with Crippen molar-refractivity contribution in [2.45, 2.75) is 12.6 Å². The fourth-order valence-electron chi connectivity index (χ4n) is 1.98. The molecule has 0 spiro atoms. The summed E-state index contributed by atoms with van der Waals surface area (Å²) in [5.74, 6) is -0.272. The number of ether oxygens (including phenoxy) is 1. The topological polar surface area (TPSA) is 58.7 Å². The number of hydrogen-bond acceptors (Lipinski definition) is 4. The van der Waals surface area contributed by atoms with Crippen molar-refractivity contribution in [3.8, 4) is 0 Å². The molecule has 0 radical (unpaired) electrons. The second-order valence-electron chi connectivity index (χ2n) is 4.11. The largest absolute Gasteiger partial charge is 0.394 e. The average molecular weight is 240 g/mol. The van der Waals surface area contributed by atoms with Gasteiger partial charge < -0.3 is 20.5 Å². The average Bonchev–Trinajstić information content (AvgIpc) is 2.38. The van der Waals surface area contributed by atoms with Crippen LogP contribution in [0, 0.1) is 5.82 Å². The molecule has 1 aromatic rings. The molecule has 1 unspecified atom stereocenters. The minimum atomic E-state index is -0.272. The molecule has 0 saturated carbocycles. The highest BCUT2D eigenvalue weighted by molar-refractivity contribution is 5.49. The number of halogens is 1. The molecule has 1 heterocycles. The molecule has 3 N–H and O–H groups in total. The molecular weight excluding hydrogens is 223 g/mol. The number of nitrogens with two attached hydrogens (primary N) is 1. The lowest BCUT2D eigenvalue weighted by molar-refractivity contribution is 0.00341. The summed E-state index contributed by atoms with van der Waals surface area (Å²) in [4.78, 5) is 1.89. The lowest BCUT2D eigenvalue weighted by atomic mass is 10.1. The van der Waals surface area contributed by atoms with Gasteiger partial charge in [-0.3, -0.25) is 0 Å². The fraction of sp³-hybridized carbons (Fsp3) is 0.500. The highest BCUT2D eigenvalue weighted by Crippen LogP contribution is 2.22. The van der Waals surface area contributed by atoms with Gasteiger partial charge in [-0.25, -0.2) is 4.39 Å². The molecule has 0 aromatic heterocycles. The van der Waals surface area contributed by atoms with Gasteiger partial charge in [0.05, 0.1) is 25.0 Å². The third-order valence-corrected chi connectivity index (χ3v) is 2.93. The van der Waals surface area contributed by atoms with Crippen molar-refractivity contribution < 1.29 is 14.2 Å². The molecule has 1 aliphatic heterocycles. The van der Waals surface area contributed by atoms with Crippen LogP contribution < -0.4 is 10.6 Å². The third kappa shape index (κ3) is 2.74. The van der Waals surface area contributed by atoms with Crippen LogP contribution >= 0.6 is 0 Å². The molecule has 1 saturated heterocycles. The van der Waals surface area contributed by atoms with E-state index in [2.05, 4.69) is 0 Å². The fourth-order valence-corrected chi connectivity index (χ4v) is 1.98. The number of benzene rings is 1. The van der Waals surface area contributed by atoms with Crippen LogP contribution in [0.3, 0.4) is 0 Å². The van der Waals surface area contributed by atoms with E-state index in [0.29, 0.717) is 31.9 Å². The number of anilines is 1. The molecule has 5 heteroatoms. The van der Waals surface area contributed by atoms with Crippen molar-refractivity contribution in [2.24, 2.45) is 5.73 Å². The van der Waals surface area contributed by atoms with E-state index < -0.39 is 0 Å². The van der Waals surface area contributed by atoms with Crippen LogP contribution in [0.5, 0.6) is 0 Å². The normalized spacial score (nSPS) is 20.6. The van der Waals surface area contributed by atoms with Gasteiger partial charge in [0.2, 0.25) is 0 Å². The maximum atomic E-state index is 13.9. The number of rotatable bonds is 3. The van der Waals surface area contributed by atoms with E-state index in [0.717, 1.165) is 5.56 Å². The summed E-state index contributed by atoms with van der Waals surface area (Å²) in [6.07, 6.45) is -0.239. The molecule has 0 bridgehead atoms. The van der Waals surface area contributed by atoms with Gasteiger partial charge in [0, 0.05) is 19.6 Å². The van der Waals surface area contributed by atoms with Crippen molar-refractivity contribution in [1.82, 2.24) is 0 Å². The Morgan fingerprint density at radius 1 is 1.53 bits per heavy atom. The van der Waals surface area contributed by atoms with Gasteiger partial charge in [0.1, 0.15) is 5.82 Å². The Morgan fingerprint density at radius 3 is 3.00 bits per heavy atom. The van der Waals surface area contributed by atoms with Crippen molar-refractivity contribution in [3.05, 3.63) is 29.6 Å². The summed E-state index contributed by atoms with van der Waals surface area (Å²) < 4.78 is 19.2. The molecule has 4 nitrogen and oxygen atoms in total. The zero-order chi connectivity index (χ0) is 12.3. The standard InChI is InChI=1S/C12H17FN2O2/c13-11-5-9(6-14)1-2-12(11)15-3-4-17-10(7-15)8-16/h1-2,5,10,16H,3-4,6-8,14H2. The van der Waals surface area contributed by atoms with Gasteiger partial charge in [-0.2, -0.15) is 0 Å². The second-order valence-corrected chi connectivity index (χ2v) is 4.11. The summed E-state index contributed by atoms with van der Waals surface area (Å²) in [7, 11) is 0. The Labute approximate surface area is 99.8 Å². The molecule has 17 heavy (non-hydrogen) atoms. The van der Waals surface area contributed by atoms with Gasteiger partial charge in [-0.1, -0.05) is 6.07 Å². The Kier molecular flexibility index (Phi) is 3.93. The molecule has 94 valence electrons. The van der Waals surface area contributed by atoms with Gasteiger partial charge in [0.25, 0.3) is 0 Å². The first-order valence-electron chi connectivity index (χ1n) is 5.70. The molecule has 0 amide bonds. The first-order chi connectivity index (χ1) is 8.24. The van der Waals surface area contributed by atoms with Crippen molar-refractivity contribution in [1.29, 1.82) is 0 Å². The van der Waals surface area contributed by atoms with Crippen molar-refractivity contribution in [2.75, 3.05) is 31.2 Å². The molecular formula is C12H17FN2O2. The lowest BCUT2D eigenvalue weighted by Gasteiger charge is -2.33. The molecule has 1 aromatic carbocycles. The van der Waals surface area contributed by atoms with Crippen LogP contribution in [0.25, 0.3) is 0 Å². The predicted molar refractivity (Wildman–Crippen MR) is 63.3 cm³/mol. The van der Waals surface area contributed by atoms with E-state index in [9.17, 15) is 4.39 Å². The summed E-state index contributed by atoms with van der Waals surface area (Å²) >= 11 is 0. The minimum absolute atomic E-state index is 0.0427.